The van der Waals surface area contributed by atoms with Crippen molar-refractivity contribution >= 4 is 5.82 Å². The molecule has 1 heterocycles. The molecule has 1 unspecified atom stereocenters. The SMILES string of the molecule is COc1ccc2c(c1)CC(Nc1ccn(C)n1)CC2. The van der Waals surface area contributed by atoms with Gasteiger partial charge in [0.15, 0.2) is 0 Å². The van der Waals surface area contributed by atoms with E-state index in [0.717, 1.165) is 30.8 Å². The van der Waals surface area contributed by atoms with Gasteiger partial charge in [-0.2, -0.15) is 5.10 Å². The summed E-state index contributed by atoms with van der Waals surface area (Å²) >= 11 is 0. The summed E-state index contributed by atoms with van der Waals surface area (Å²) in [7, 11) is 3.65. The van der Waals surface area contributed by atoms with Crippen molar-refractivity contribution in [1.29, 1.82) is 0 Å². The zero-order chi connectivity index (χ0) is 13.2. The number of hydrogen-bond acceptors (Lipinski definition) is 3. The van der Waals surface area contributed by atoms with Gasteiger partial charge in [0.2, 0.25) is 0 Å². The van der Waals surface area contributed by atoms with Crippen LogP contribution in [0.2, 0.25) is 0 Å². The largest absolute Gasteiger partial charge is 0.497 e. The van der Waals surface area contributed by atoms with Crippen LogP contribution in [0.1, 0.15) is 17.5 Å². The number of ether oxygens (including phenoxy) is 1. The topological polar surface area (TPSA) is 39.1 Å². The molecule has 0 radical (unpaired) electrons. The molecule has 19 heavy (non-hydrogen) atoms. The average molecular weight is 257 g/mol. The van der Waals surface area contributed by atoms with Crippen LogP contribution in [0.15, 0.2) is 30.5 Å². The number of methoxy groups -OCH3 is 1. The minimum absolute atomic E-state index is 0.453. The Morgan fingerprint density at radius 1 is 1.32 bits per heavy atom. The Morgan fingerprint density at radius 2 is 2.21 bits per heavy atom. The first kappa shape index (κ1) is 12.1. The summed E-state index contributed by atoms with van der Waals surface area (Å²) in [5.41, 5.74) is 2.83. The van der Waals surface area contributed by atoms with E-state index in [-0.39, 0.29) is 0 Å². The Balaban J connectivity index is 1.74. The number of rotatable bonds is 3. The van der Waals surface area contributed by atoms with E-state index in [0.29, 0.717) is 6.04 Å². The summed E-state index contributed by atoms with van der Waals surface area (Å²) in [5.74, 6) is 1.90. The highest BCUT2D eigenvalue weighted by Gasteiger charge is 2.19. The van der Waals surface area contributed by atoms with Gasteiger partial charge in [0.25, 0.3) is 0 Å². The fraction of sp³-hybridized carbons (Fsp3) is 0.400. The van der Waals surface area contributed by atoms with Gasteiger partial charge in [0, 0.05) is 25.4 Å². The van der Waals surface area contributed by atoms with Gasteiger partial charge in [-0.05, 0) is 42.5 Å². The maximum atomic E-state index is 5.30. The lowest BCUT2D eigenvalue weighted by Gasteiger charge is -2.25. The molecule has 2 aromatic rings. The second-order valence-electron chi connectivity index (χ2n) is 5.09. The molecule has 1 N–H and O–H groups in total. The highest BCUT2D eigenvalue weighted by Crippen LogP contribution is 2.26. The molecule has 100 valence electrons. The Morgan fingerprint density at radius 3 is 2.95 bits per heavy atom. The lowest BCUT2D eigenvalue weighted by Crippen LogP contribution is -2.27. The first-order chi connectivity index (χ1) is 9.24. The van der Waals surface area contributed by atoms with Crippen molar-refractivity contribution in [2.24, 2.45) is 7.05 Å². The molecule has 1 atom stereocenters. The molecule has 0 bridgehead atoms. The van der Waals surface area contributed by atoms with E-state index in [1.54, 1.807) is 7.11 Å². The van der Waals surface area contributed by atoms with Crippen molar-refractivity contribution in [3.8, 4) is 5.75 Å². The third-order valence-electron chi connectivity index (χ3n) is 3.71. The van der Waals surface area contributed by atoms with Crippen molar-refractivity contribution in [2.75, 3.05) is 12.4 Å². The van der Waals surface area contributed by atoms with Crippen LogP contribution in [0.3, 0.4) is 0 Å². The lowest BCUT2D eigenvalue weighted by molar-refractivity contribution is 0.413. The van der Waals surface area contributed by atoms with Crippen LogP contribution in [0.4, 0.5) is 5.82 Å². The Hall–Kier alpha value is -1.97. The maximum absolute atomic E-state index is 5.30. The summed E-state index contributed by atoms with van der Waals surface area (Å²) in [6.07, 6.45) is 5.25. The predicted octanol–water partition coefficient (Wildman–Crippen LogP) is 2.40. The number of aryl methyl sites for hydroxylation is 2. The molecule has 1 aliphatic carbocycles. The average Bonchev–Trinajstić information content (AvgIpc) is 2.83. The second-order valence-corrected chi connectivity index (χ2v) is 5.09. The fourth-order valence-corrected chi connectivity index (χ4v) is 2.68. The summed E-state index contributed by atoms with van der Waals surface area (Å²) in [6.45, 7) is 0. The van der Waals surface area contributed by atoms with Gasteiger partial charge >= 0.3 is 0 Å². The molecule has 4 heteroatoms. The van der Waals surface area contributed by atoms with Crippen LogP contribution in [-0.2, 0) is 19.9 Å². The Bertz CT molecular complexity index is 577. The molecule has 1 aromatic heterocycles. The van der Waals surface area contributed by atoms with Gasteiger partial charge in [-0.25, -0.2) is 0 Å². The van der Waals surface area contributed by atoms with Gasteiger partial charge < -0.3 is 10.1 Å². The first-order valence-corrected chi connectivity index (χ1v) is 6.66. The van der Waals surface area contributed by atoms with Gasteiger partial charge in [-0.3, -0.25) is 4.68 Å². The maximum Gasteiger partial charge on any atom is 0.148 e. The van der Waals surface area contributed by atoms with Gasteiger partial charge in [-0.15, -0.1) is 0 Å². The van der Waals surface area contributed by atoms with Crippen molar-refractivity contribution in [3.63, 3.8) is 0 Å². The summed E-state index contributed by atoms with van der Waals surface area (Å²) < 4.78 is 7.12. The molecule has 0 aliphatic heterocycles. The molecule has 0 fully saturated rings. The third kappa shape index (κ3) is 2.57. The van der Waals surface area contributed by atoms with Gasteiger partial charge in [0.05, 0.1) is 7.11 Å². The van der Waals surface area contributed by atoms with Crippen molar-refractivity contribution in [2.45, 2.75) is 25.3 Å². The molecule has 0 saturated heterocycles. The number of hydrogen-bond donors (Lipinski definition) is 1. The van der Waals surface area contributed by atoms with E-state index in [2.05, 4.69) is 22.5 Å². The predicted molar refractivity (Wildman–Crippen MR) is 75.6 cm³/mol. The van der Waals surface area contributed by atoms with E-state index in [1.807, 2.05) is 30.1 Å². The Labute approximate surface area is 113 Å². The Kier molecular flexibility index (Phi) is 3.15. The number of fused-ring (bicyclic) bond motifs is 1. The van der Waals surface area contributed by atoms with Crippen molar-refractivity contribution in [3.05, 3.63) is 41.6 Å². The second kappa shape index (κ2) is 4.96. The summed E-state index contributed by atoms with van der Waals surface area (Å²) in [5, 5.41) is 7.88. The van der Waals surface area contributed by atoms with Crippen LogP contribution in [-0.4, -0.2) is 22.9 Å². The van der Waals surface area contributed by atoms with Crippen molar-refractivity contribution in [1.82, 2.24) is 9.78 Å². The molecule has 1 aliphatic rings. The standard InChI is InChI=1S/C15H19N3O/c1-18-8-7-15(17-18)16-13-5-3-11-4-6-14(19-2)10-12(11)9-13/h4,6-8,10,13H,3,5,9H2,1-2H3,(H,16,17). The highest BCUT2D eigenvalue weighted by atomic mass is 16.5. The minimum atomic E-state index is 0.453. The van der Waals surface area contributed by atoms with Crippen LogP contribution < -0.4 is 10.1 Å². The third-order valence-corrected chi connectivity index (χ3v) is 3.71. The monoisotopic (exact) mass is 257 g/mol. The molecule has 0 spiro atoms. The zero-order valence-electron chi connectivity index (χ0n) is 11.4. The van der Waals surface area contributed by atoms with Crippen LogP contribution in [0.25, 0.3) is 0 Å². The van der Waals surface area contributed by atoms with E-state index < -0.39 is 0 Å². The van der Waals surface area contributed by atoms with Crippen molar-refractivity contribution < 1.29 is 4.74 Å². The van der Waals surface area contributed by atoms with Gasteiger partial charge in [-0.1, -0.05) is 6.07 Å². The molecule has 0 saturated carbocycles. The summed E-state index contributed by atoms with van der Waals surface area (Å²) in [4.78, 5) is 0. The minimum Gasteiger partial charge on any atom is -0.497 e. The molecule has 4 nitrogen and oxygen atoms in total. The van der Waals surface area contributed by atoms with Crippen LogP contribution in [0.5, 0.6) is 5.75 Å². The van der Waals surface area contributed by atoms with Crippen LogP contribution in [0, 0.1) is 0 Å². The fourth-order valence-electron chi connectivity index (χ4n) is 2.68. The molecular weight excluding hydrogens is 238 g/mol. The molecule has 0 amide bonds. The first-order valence-electron chi connectivity index (χ1n) is 6.66. The number of benzene rings is 1. The highest BCUT2D eigenvalue weighted by molar-refractivity contribution is 5.41. The van der Waals surface area contributed by atoms with E-state index in [9.17, 15) is 0 Å². The lowest BCUT2D eigenvalue weighted by atomic mass is 9.88. The zero-order valence-corrected chi connectivity index (χ0v) is 11.4. The van der Waals surface area contributed by atoms with E-state index in [1.165, 1.54) is 11.1 Å². The normalized spacial score (nSPS) is 17.9. The quantitative estimate of drug-likeness (QED) is 0.917. The number of nitrogens with one attached hydrogen (secondary N) is 1. The van der Waals surface area contributed by atoms with Crippen LogP contribution >= 0.6 is 0 Å². The number of aromatic nitrogens is 2. The van der Waals surface area contributed by atoms with E-state index >= 15 is 0 Å². The number of anilines is 1. The molecular formula is C15H19N3O. The smallest absolute Gasteiger partial charge is 0.148 e. The number of nitrogens with zero attached hydrogens (tertiary/aromatic N) is 2. The summed E-state index contributed by atoms with van der Waals surface area (Å²) in [6, 6.07) is 8.86. The molecule has 1 aromatic carbocycles. The van der Waals surface area contributed by atoms with E-state index in [4.69, 9.17) is 4.74 Å². The molecule has 3 rings (SSSR count). The van der Waals surface area contributed by atoms with Gasteiger partial charge in [0.1, 0.15) is 11.6 Å².